The van der Waals surface area contributed by atoms with Crippen molar-refractivity contribution in [2.45, 2.75) is 57.7 Å². The summed E-state index contributed by atoms with van der Waals surface area (Å²) in [6, 6.07) is 8.53. The topological polar surface area (TPSA) is 214 Å². The van der Waals surface area contributed by atoms with E-state index in [1.807, 2.05) is 0 Å². The largest absolute Gasteiger partial charge is 0.469 e. The zero-order valence-electron chi connectivity index (χ0n) is 28.3. The molecule has 1 saturated heterocycles. The monoisotopic (exact) mass is 693 g/mol. The van der Waals surface area contributed by atoms with Gasteiger partial charge in [-0.05, 0) is 49.4 Å². The van der Waals surface area contributed by atoms with E-state index in [9.17, 15) is 28.8 Å². The first kappa shape index (κ1) is 37.8. The average Bonchev–Trinajstić information content (AvgIpc) is 3.62. The Bertz CT molecular complexity index is 1530. The predicted octanol–water partition coefficient (Wildman–Crippen LogP) is -0.553. The number of carbonyl (C=O) groups excluding carboxylic acids is 6. The Morgan fingerprint density at radius 2 is 1.84 bits per heavy atom. The zero-order chi connectivity index (χ0) is 35.9. The van der Waals surface area contributed by atoms with Gasteiger partial charge >= 0.3 is 0 Å². The fourth-order valence-electron chi connectivity index (χ4n) is 5.89. The van der Waals surface area contributed by atoms with Gasteiger partial charge in [0.1, 0.15) is 17.8 Å². The molecule has 50 heavy (non-hydrogen) atoms. The van der Waals surface area contributed by atoms with Crippen LogP contribution < -0.4 is 32.3 Å². The molecular weight excluding hydrogens is 646 g/mol. The number of hydrogen-bond donors (Lipinski definition) is 6. The number of carbonyl (C=O) groups is 6. The second-order valence-electron chi connectivity index (χ2n) is 12.6. The summed E-state index contributed by atoms with van der Waals surface area (Å²) in [7, 11) is 0. The van der Waals surface area contributed by atoms with E-state index in [0.717, 1.165) is 12.2 Å². The Labute approximate surface area is 291 Å². The molecule has 0 saturated carbocycles. The molecule has 0 radical (unpaired) electrons. The molecule has 3 atom stereocenters. The van der Waals surface area contributed by atoms with E-state index in [-0.39, 0.29) is 58.0 Å². The lowest BCUT2D eigenvalue weighted by Crippen LogP contribution is -2.56. The molecule has 2 aliphatic rings. The van der Waals surface area contributed by atoms with Crippen LogP contribution in [-0.4, -0.2) is 98.4 Å². The highest BCUT2D eigenvalue weighted by Gasteiger charge is 2.40. The number of rotatable bonds is 8. The highest BCUT2D eigenvalue weighted by Crippen LogP contribution is 2.30. The van der Waals surface area contributed by atoms with Crippen LogP contribution in [-0.2, 0) is 52.9 Å². The Morgan fingerprint density at radius 1 is 1.04 bits per heavy atom. The molecule has 2 aliphatic heterocycles. The summed E-state index contributed by atoms with van der Waals surface area (Å²) >= 11 is 0. The normalized spacial score (nSPS) is 23.6. The van der Waals surface area contributed by atoms with Crippen molar-refractivity contribution in [1.82, 2.24) is 31.5 Å². The van der Waals surface area contributed by atoms with Crippen molar-refractivity contribution in [2.24, 2.45) is 11.1 Å². The molecule has 15 nitrogen and oxygen atoms in total. The van der Waals surface area contributed by atoms with E-state index in [1.165, 1.54) is 11.2 Å². The van der Waals surface area contributed by atoms with Crippen molar-refractivity contribution in [1.29, 1.82) is 0 Å². The molecule has 3 heterocycles. The molecule has 0 spiro atoms. The summed E-state index contributed by atoms with van der Waals surface area (Å²) in [5.41, 5.74) is 5.75. The fourth-order valence-corrected chi connectivity index (χ4v) is 5.89. The van der Waals surface area contributed by atoms with E-state index >= 15 is 0 Å². The van der Waals surface area contributed by atoms with Crippen molar-refractivity contribution >= 4 is 35.4 Å². The van der Waals surface area contributed by atoms with Gasteiger partial charge in [0.05, 0.1) is 31.3 Å². The molecule has 1 aromatic carbocycles. The lowest BCUT2D eigenvalue weighted by atomic mass is 9.80. The standard InChI is InChI=1S/C35H47N7O8/c1-35-12-5-16-42(23-35)31(45)10-9-29(43)37-14-11-27(32(46)38-15-19-49-18-13-36)40-30(44)20-24-6-2-3-7-25(24)22-39-33(47)28(41-34(35)48)21-26-8-4-17-50-26/h2-4,6-10,17,27-28H,5,11-16,18-23,36H2,1H3,(H,37,43)(H,38,46)(H,39,47)(H,40,44)(H,41,48)/b10-9+/t27-,28-,35+/m0/s1. The van der Waals surface area contributed by atoms with Crippen LogP contribution in [0.5, 0.6) is 0 Å². The number of nitrogens with one attached hydrogen (secondary N) is 5. The van der Waals surface area contributed by atoms with Gasteiger partial charge in [-0.2, -0.15) is 0 Å². The van der Waals surface area contributed by atoms with E-state index in [4.69, 9.17) is 14.9 Å². The smallest absolute Gasteiger partial charge is 0.246 e. The number of nitrogens with two attached hydrogens (primary N) is 1. The minimum Gasteiger partial charge on any atom is -0.469 e. The molecule has 6 amide bonds. The van der Waals surface area contributed by atoms with Crippen molar-refractivity contribution in [3.05, 3.63) is 71.7 Å². The lowest BCUT2D eigenvalue weighted by Gasteiger charge is -2.39. The number of nitrogens with zero attached hydrogens (tertiary/aromatic N) is 1. The molecule has 7 N–H and O–H groups in total. The van der Waals surface area contributed by atoms with E-state index in [1.54, 1.807) is 43.3 Å². The van der Waals surface area contributed by atoms with Gasteiger partial charge in [-0.25, -0.2) is 0 Å². The SMILES string of the molecule is C[C@@]12CCCN(C1)C(=O)/C=C/C(=O)NCC[C@@H](C(=O)NCCOCCN)NC(=O)Cc1ccccc1CNC(=O)[C@H](Cc1ccco1)NC2=O. The van der Waals surface area contributed by atoms with Crippen molar-refractivity contribution in [3.8, 4) is 0 Å². The number of piperidine rings is 1. The zero-order valence-corrected chi connectivity index (χ0v) is 28.3. The molecule has 15 heteroatoms. The molecule has 1 aromatic heterocycles. The number of hydrogen-bond acceptors (Lipinski definition) is 9. The third-order valence-corrected chi connectivity index (χ3v) is 8.66. The van der Waals surface area contributed by atoms with Crippen molar-refractivity contribution in [3.63, 3.8) is 0 Å². The van der Waals surface area contributed by atoms with Crippen LogP contribution in [0.15, 0.2) is 59.2 Å². The predicted molar refractivity (Wildman–Crippen MR) is 182 cm³/mol. The molecule has 4 rings (SSSR count). The summed E-state index contributed by atoms with van der Waals surface area (Å²) in [6.45, 7) is 3.46. The summed E-state index contributed by atoms with van der Waals surface area (Å²) < 4.78 is 10.8. The Kier molecular flexibility index (Phi) is 14.1. The van der Waals surface area contributed by atoms with E-state index in [2.05, 4.69) is 26.6 Å². The second kappa shape index (κ2) is 18.7. The second-order valence-corrected chi connectivity index (χ2v) is 12.6. The number of amides is 6. The van der Waals surface area contributed by atoms with Gasteiger partial charge in [0.2, 0.25) is 35.4 Å². The van der Waals surface area contributed by atoms with Crippen LogP contribution >= 0.6 is 0 Å². The molecule has 0 unspecified atom stereocenters. The minimum atomic E-state index is -0.992. The highest BCUT2D eigenvalue weighted by atomic mass is 16.5. The number of ether oxygens (including phenoxy) is 1. The Morgan fingerprint density at radius 3 is 2.60 bits per heavy atom. The van der Waals surface area contributed by atoms with Crippen LogP contribution in [0.1, 0.15) is 43.1 Å². The summed E-state index contributed by atoms with van der Waals surface area (Å²) in [5, 5.41) is 13.9. The van der Waals surface area contributed by atoms with Gasteiger partial charge in [-0.15, -0.1) is 0 Å². The first-order chi connectivity index (χ1) is 24.1. The quantitative estimate of drug-likeness (QED) is 0.195. The van der Waals surface area contributed by atoms with Crippen LogP contribution in [0, 0.1) is 5.41 Å². The third-order valence-electron chi connectivity index (χ3n) is 8.66. The summed E-state index contributed by atoms with van der Waals surface area (Å²) in [6.07, 6.45) is 4.85. The maximum absolute atomic E-state index is 13.7. The highest BCUT2D eigenvalue weighted by molar-refractivity contribution is 5.97. The molecule has 1 fully saturated rings. The number of benzene rings is 1. The van der Waals surface area contributed by atoms with Gasteiger partial charge in [-0.3, -0.25) is 28.8 Å². The van der Waals surface area contributed by atoms with Crippen molar-refractivity contribution < 1.29 is 37.9 Å². The molecule has 0 aliphatic carbocycles. The first-order valence-corrected chi connectivity index (χ1v) is 16.9. The Hall–Kier alpha value is -5.02. The first-order valence-electron chi connectivity index (χ1n) is 16.9. The molecule has 2 aromatic rings. The van der Waals surface area contributed by atoms with Crippen molar-refractivity contribution in [2.75, 3.05) is 45.9 Å². The average molecular weight is 694 g/mol. The molecule has 2 bridgehead atoms. The van der Waals surface area contributed by atoms with Gasteiger partial charge in [0.15, 0.2) is 0 Å². The van der Waals surface area contributed by atoms with Crippen LogP contribution in [0.4, 0.5) is 0 Å². The lowest BCUT2D eigenvalue weighted by molar-refractivity contribution is -0.140. The van der Waals surface area contributed by atoms with Gasteiger partial charge in [0, 0.05) is 57.8 Å². The van der Waals surface area contributed by atoms with Crippen LogP contribution in [0.2, 0.25) is 0 Å². The maximum atomic E-state index is 13.7. The third kappa shape index (κ3) is 11.3. The van der Waals surface area contributed by atoms with Crippen LogP contribution in [0.25, 0.3) is 0 Å². The number of fused-ring (bicyclic) bond motifs is 3. The summed E-state index contributed by atoms with van der Waals surface area (Å²) in [4.78, 5) is 80.9. The molecular formula is C35H47N7O8. The van der Waals surface area contributed by atoms with E-state index < -0.39 is 47.0 Å². The summed E-state index contributed by atoms with van der Waals surface area (Å²) in [5.74, 6) is -2.24. The van der Waals surface area contributed by atoms with Gasteiger partial charge in [-0.1, -0.05) is 24.3 Å². The number of furan rings is 1. The minimum absolute atomic E-state index is 0.0309. The van der Waals surface area contributed by atoms with Gasteiger partial charge < -0.3 is 46.4 Å². The maximum Gasteiger partial charge on any atom is 0.246 e. The van der Waals surface area contributed by atoms with Crippen LogP contribution in [0.3, 0.4) is 0 Å². The van der Waals surface area contributed by atoms with E-state index in [0.29, 0.717) is 49.4 Å². The fraction of sp³-hybridized carbons (Fsp3) is 0.486. The van der Waals surface area contributed by atoms with Gasteiger partial charge in [0.25, 0.3) is 0 Å². The Balaban J connectivity index is 1.57. The molecule has 270 valence electrons.